The van der Waals surface area contributed by atoms with Gasteiger partial charge in [-0.2, -0.15) is 5.10 Å². The number of aromatic amines is 1. The van der Waals surface area contributed by atoms with E-state index >= 15 is 0 Å². The Balaban J connectivity index is 1.32. The van der Waals surface area contributed by atoms with Crippen LogP contribution < -0.4 is 10.2 Å². The van der Waals surface area contributed by atoms with E-state index in [9.17, 15) is 4.79 Å². The molecule has 4 aliphatic rings. The highest BCUT2D eigenvalue weighted by molar-refractivity contribution is 6.04. The second-order valence-electron chi connectivity index (χ2n) is 8.71. The third-order valence-corrected chi connectivity index (χ3v) is 6.82. The highest BCUT2D eigenvalue weighted by Crippen LogP contribution is 2.28. The van der Waals surface area contributed by atoms with Gasteiger partial charge in [0.1, 0.15) is 11.5 Å². The van der Waals surface area contributed by atoms with Gasteiger partial charge < -0.3 is 20.0 Å². The van der Waals surface area contributed by atoms with Crippen molar-refractivity contribution in [1.82, 2.24) is 30.3 Å². The van der Waals surface area contributed by atoms with Crippen LogP contribution in [0.5, 0.6) is 0 Å². The van der Waals surface area contributed by atoms with Crippen molar-refractivity contribution in [3.63, 3.8) is 0 Å². The molecule has 150 valence electrons. The molecule has 1 unspecified atom stereocenters. The van der Waals surface area contributed by atoms with Gasteiger partial charge in [-0.05, 0) is 64.5 Å². The van der Waals surface area contributed by atoms with Crippen molar-refractivity contribution >= 4 is 22.8 Å². The molecular weight excluding hydrogens is 354 g/mol. The number of anilines is 1. The molecule has 0 aliphatic carbocycles. The quantitative estimate of drug-likeness (QED) is 0.817. The Morgan fingerprint density at radius 1 is 1.18 bits per heavy atom. The molecule has 0 aromatic carbocycles. The molecule has 0 spiro atoms. The maximum absolute atomic E-state index is 12.9. The maximum atomic E-state index is 12.9. The van der Waals surface area contributed by atoms with E-state index in [1.54, 1.807) is 0 Å². The molecule has 0 saturated carbocycles. The Kier molecular flexibility index (Phi) is 4.47. The van der Waals surface area contributed by atoms with Crippen LogP contribution in [0.25, 0.3) is 11.0 Å². The number of nitrogens with zero attached hydrogens (tertiary/aromatic N) is 5. The van der Waals surface area contributed by atoms with Crippen molar-refractivity contribution < 1.29 is 4.79 Å². The standard InChI is InChI=1S/C20H29N7O/c1-25(2)14-7-10-27(11-14)17-4-3-15-18(23-24-19(15)22-17)20(28)21-16-12-26-8-5-13(16)6-9-26/h3-4,13-14,16H,5-12H2,1-2H3,(H,21,28)(H,22,23,24)/t14?,16-/m1/s1. The number of pyridine rings is 1. The molecule has 2 aromatic rings. The van der Waals surface area contributed by atoms with E-state index in [1.165, 1.54) is 25.9 Å². The molecule has 8 nitrogen and oxygen atoms in total. The van der Waals surface area contributed by atoms with Gasteiger partial charge in [0, 0.05) is 31.7 Å². The van der Waals surface area contributed by atoms with E-state index in [-0.39, 0.29) is 11.9 Å². The Morgan fingerprint density at radius 2 is 2.00 bits per heavy atom. The van der Waals surface area contributed by atoms with Gasteiger partial charge in [0.05, 0.1) is 5.39 Å². The summed E-state index contributed by atoms with van der Waals surface area (Å²) in [6, 6.07) is 4.80. The Bertz CT molecular complexity index is 871. The molecule has 2 aromatic heterocycles. The number of aromatic nitrogens is 3. The number of likely N-dealkylation sites (N-methyl/N-ethyl adjacent to an activating group) is 1. The van der Waals surface area contributed by atoms with Crippen LogP contribution in [0.2, 0.25) is 0 Å². The minimum Gasteiger partial charge on any atom is -0.355 e. The van der Waals surface area contributed by atoms with Crippen LogP contribution in [0.3, 0.4) is 0 Å². The number of carbonyl (C=O) groups excluding carboxylic acids is 1. The third kappa shape index (κ3) is 3.14. The van der Waals surface area contributed by atoms with Crippen molar-refractivity contribution in [2.75, 3.05) is 51.7 Å². The lowest BCUT2D eigenvalue weighted by atomic mass is 9.84. The van der Waals surface area contributed by atoms with Crippen molar-refractivity contribution in [1.29, 1.82) is 0 Å². The number of carbonyl (C=O) groups is 1. The largest absolute Gasteiger partial charge is 0.355 e. The summed E-state index contributed by atoms with van der Waals surface area (Å²) in [5.74, 6) is 1.48. The topological polar surface area (TPSA) is 80.4 Å². The van der Waals surface area contributed by atoms with E-state index in [1.807, 2.05) is 12.1 Å². The number of fused-ring (bicyclic) bond motifs is 4. The molecule has 2 N–H and O–H groups in total. The molecule has 2 atom stereocenters. The molecule has 0 radical (unpaired) electrons. The number of piperidine rings is 3. The van der Waals surface area contributed by atoms with Crippen LogP contribution in [0.15, 0.2) is 12.1 Å². The summed E-state index contributed by atoms with van der Waals surface area (Å²) in [4.78, 5) is 24.6. The van der Waals surface area contributed by atoms with Crippen molar-refractivity contribution in [2.45, 2.75) is 31.3 Å². The van der Waals surface area contributed by atoms with Crippen molar-refractivity contribution in [2.24, 2.45) is 5.92 Å². The number of amides is 1. The summed E-state index contributed by atoms with van der Waals surface area (Å²) in [5.41, 5.74) is 1.14. The zero-order chi connectivity index (χ0) is 19.3. The fourth-order valence-electron chi connectivity index (χ4n) is 4.98. The SMILES string of the molecule is CN(C)C1CCN(c2ccc3c(C(=O)N[C@@H]4CN5CCC4CC5)[nH]nc3n2)C1. The molecule has 2 bridgehead atoms. The lowest BCUT2D eigenvalue weighted by molar-refractivity contribution is 0.0618. The lowest BCUT2D eigenvalue weighted by Gasteiger charge is -2.44. The monoisotopic (exact) mass is 383 g/mol. The minimum absolute atomic E-state index is 0.0651. The van der Waals surface area contributed by atoms with Crippen LogP contribution in [-0.4, -0.2) is 89.8 Å². The van der Waals surface area contributed by atoms with Crippen molar-refractivity contribution in [3.05, 3.63) is 17.8 Å². The molecule has 8 heteroatoms. The highest BCUT2D eigenvalue weighted by Gasteiger charge is 2.35. The number of hydrogen-bond donors (Lipinski definition) is 2. The Morgan fingerprint density at radius 3 is 2.68 bits per heavy atom. The van der Waals surface area contributed by atoms with Crippen LogP contribution in [0.4, 0.5) is 5.82 Å². The number of H-pyrrole nitrogens is 1. The summed E-state index contributed by atoms with van der Waals surface area (Å²) >= 11 is 0. The molecule has 1 amide bonds. The van der Waals surface area contributed by atoms with Gasteiger partial charge in [0.25, 0.3) is 5.91 Å². The fraction of sp³-hybridized carbons (Fsp3) is 0.650. The van der Waals surface area contributed by atoms with E-state index in [0.29, 0.717) is 23.3 Å². The molecule has 4 aliphatic heterocycles. The second-order valence-corrected chi connectivity index (χ2v) is 8.71. The summed E-state index contributed by atoms with van der Waals surface area (Å²) < 4.78 is 0. The van der Waals surface area contributed by atoms with Crippen LogP contribution in [0, 0.1) is 5.92 Å². The molecule has 4 saturated heterocycles. The van der Waals surface area contributed by atoms with E-state index in [0.717, 1.165) is 37.3 Å². The predicted octanol–water partition coefficient (Wildman–Crippen LogP) is 0.922. The third-order valence-electron chi connectivity index (χ3n) is 6.82. The highest BCUT2D eigenvalue weighted by atomic mass is 16.2. The first kappa shape index (κ1) is 17.9. The maximum Gasteiger partial charge on any atom is 0.270 e. The average molecular weight is 384 g/mol. The summed E-state index contributed by atoms with van der Waals surface area (Å²) in [6.07, 6.45) is 3.51. The van der Waals surface area contributed by atoms with Crippen LogP contribution in [-0.2, 0) is 0 Å². The van der Waals surface area contributed by atoms with Crippen molar-refractivity contribution in [3.8, 4) is 0 Å². The number of hydrogen-bond acceptors (Lipinski definition) is 6. The van der Waals surface area contributed by atoms with Gasteiger partial charge in [-0.1, -0.05) is 0 Å². The molecule has 6 heterocycles. The van der Waals surface area contributed by atoms with Gasteiger partial charge in [-0.3, -0.25) is 9.89 Å². The number of nitrogens with one attached hydrogen (secondary N) is 2. The molecule has 28 heavy (non-hydrogen) atoms. The molecule has 4 fully saturated rings. The minimum atomic E-state index is -0.0651. The smallest absolute Gasteiger partial charge is 0.270 e. The summed E-state index contributed by atoms with van der Waals surface area (Å²) in [6.45, 7) is 5.28. The van der Waals surface area contributed by atoms with Crippen LogP contribution in [0.1, 0.15) is 29.8 Å². The second kappa shape index (κ2) is 7.00. The van der Waals surface area contributed by atoms with Gasteiger partial charge in [-0.25, -0.2) is 4.98 Å². The Hall–Kier alpha value is -2.19. The normalized spacial score (nSPS) is 29.8. The predicted molar refractivity (Wildman–Crippen MR) is 109 cm³/mol. The molecular formula is C20H29N7O. The van der Waals surface area contributed by atoms with Gasteiger partial charge in [0.15, 0.2) is 5.65 Å². The summed E-state index contributed by atoms with van der Waals surface area (Å²) in [7, 11) is 4.25. The lowest BCUT2D eigenvalue weighted by Crippen LogP contribution is -2.57. The van der Waals surface area contributed by atoms with E-state index < -0.39 is 0 Å². The Labute approximate surface area is 165 Å². The van der Waals surface area contributed by atoms with E-state index in [4.69, 9.17) is 4.98 Å². The first-order valence-electron chi connectivity index (χ1n) is 10.4. The van der Waals surface area contributed by atoms with Gasteiger partial charge in [0.2, 0.25) is 0 Å². The van der Waals surface area contributed by atoms with Gasteiger partial charge in [-0.15, -0.1) is 0 Å². The zero-order valence-corrected chi connectivity index (χ0v) is 16.7. The molecule has 6 rings (SSSR count). The van der Waals surface area contributed by atoms with E-state index in [2.05, 4.69) is 44.3 Å². The number of rotatable bonds is 4. The zero-order valence-electron chi connectivity index (χ0n) is 16.7. The van der Waals surface area contributed by atoms with Crippen LogP contribution >= 0.6 is 0 Å². The fourth-order valence-corrected chi connectivity index (χ4v) is 4.98. The summed E-state index contributed by atoms with van der Waals surface area (Å²) in [5, 5.41) is 11.3. The average Bonchev–Trinajstić information content (AvgIpc) is 3.36. The first-order valence-corrected chi connectivity index (χ1v) is 10.4. The van der Waals surface area contributed by atoms with Gasteiger partial charge >= 0.3 is 0 Å². The first-order chi connectivity index (χ1) is 13.6.